The highest BCUT2D eigenvalue weighted by Gasteiger charge is 2.30. The van der Waals surface area contributed by atoms with Crippen LogP contribution >= 0.6 is 11.6 Å². The quantitative estimate of drug-likeness (QED) is 0.899. The predicted octanol–water partition coefficient (Wildman–Crippen LogP) is 2.64. The van der Waals surface area contributed by atoms with Crippen LogP contribution in [0.5, 0.6) is 0 Å². The van der Waals surface area contributed by atoms with Gasteiger partial charge in [0.1, 0.15) is 6.54 Å². The molecular formula is C17H22ClN3O2. The van der Waals surface area contributed by atoms with E-state index < -0.39 is 0 Å². The van der Waals surface area contributed by atoms with Crippen LogP contribution in [0, 0.1) is 0 Å². The first-order valence-electron chi connectivity index (χ1n) is 8.19. The van der Waals surface area contributed by atoms with Gasteiger partial charge in [-0.25, -0.2) is 4.79 Å². The van der Waals surface area contributed by atoms with Crippen molar-refractivity contribution in [3.05, 3.63) is 34.9 Å². The van der Waals surface area contributed by atoms with Gasteiger partial charge in [0, 0.05) is 30.7 Å². The molecule has 1 N–H and O–H groups in total. The molecule has 1 saturated heterocycles. The molecule has 5 nitrogen and oxygen atoms in total. The van der Waals surface area contributed by atoms with Crippen molar-refractivity contribution < 1.29 is 9.59 Å². The van der Waals surface area contributed by atoms with Gasteiger partial charge in [-0.2, -0.15) is 0 Å². The molecule has 0 unspecified atom stereocenters. The average Bonchev–Trinajstić information content (AvgIpc) is 3.14. The standard InChI is InChI=1S/C17H22ClN3O2/c18-14-7-5-13(6-8-14)11-20-9-10-21(17(20)23)12-16(22)19-15-3-1-2-4-15/h5-8,15H,1-4,9-12H2,(H,19,22). The maximum Gasteiger partial charge on any atom is 0.320 e. The summed E-state index contributed by atoms with van der Waals surface area (Å²) >= 11 is 5.87. The lowest BCUT2D eigenvalue weighted by atomic mass is 10.2. The second-order valence-electron chi connectivity index (χ2n) is 6.30. The Bertz CT molecular complexity index is 570. The maximum absolute atomic E-state index is 12.4. The summed E-state index contributed by atoms with van der Waals surface area (Å²) in [5.74, 6) is -0.0430. The van der Waals surface area contributed by atoms with Gasteiger partial charge < -0.3 is 15.1 Å². The first kappa shape index (κ1) is 16.1. The Balaban J connectivity index is 1.49. The van der Waals surface area contributed by atoms with Gasteiger partial charge >= 0.3 is 6.03 Å². The zero-order chi connectivity index (χ0) is 16.2. The number of carbonyl (C=O) groups is 2. The van der Waals surface area contributed by atoms with Gasteiger partial charge in [0.15, 0.2) is 0 Å². The topological polar surface area (TPSA) is 52.7 Å². The Labute approximate surface area is 141 Å². The number of benzene rings is 1. The van der Waals surface area contributed by atoms with E-state index in [0.29, 0.717) is 30.7 Å². The van der Waals surface area contributed by atoms with Crippen LogP contribution in [0.1, 0.15) is 31.2 Å². The number of halogens is 1. The van der Waals surface area contributed by atoms with Crippen molar-refractivity contribution in [1.82, 2.24) is 15.1 Å². The van der Waals surface area contributed by atoms with Crippen molar-refractivity contribution in [2.45, 2.75) is 38.3 Å². The average molecular weight is 336 g/mol. The second-order valence-corrected chi connectivity index (χ2v) is 6.74. The Hall–Kier alpha value is -1.75. The zero-order valence-corrected chi connectivity index (χ0v) is 13.9. The minimum Gasteiger partial charge on any atom is -0.352 e. The van der Waals surface area contributed by atoms with Crippen LogP contribution in [-0.2, 0) is 11.3 Å². The second kappa shape index (κ2) is 7.21. The van der Waals surface area contributed by atoms with Gasteiger partial charge in [0.05, 0.1) is 0 Å². The zero-order valence-electron chi connectivity index (χ0n) is 13.1. The third-order valence-electron chi connectivity index (χ3n) is 4.52. The monoisotopic (exact) mass is 335 g/mol. The molecule has 1 aromatic carbocycles. The molecule has 0 atom stereocenters. The number of hydrogen-bond acceptors (Lipinski definition) is 2. The highest BCUT2D eigenvalue weighted by molar-refractivity contribution is 6.30. The summed E-state index contributed by atoms with van der Waals surface area (Å²) in [4.78, 5) is 27.9. The molecule has 124 valence electrons. The van der Waals surface area contributed by atoms with Crippen LogP contribution in [0.15, 0.2) is 24.3 Å². The molecule has 0 aromatic heterocycles. The van der Waals surface area contributed by atoms with Gasteiger partial charge in [-0.1, -0.05) is 36.6 Å². The summed E-state index contributed by atoms with van der Waals surface area (Å²) in [5.41, 5.74) is 1.04. The van der Waals surface area contributed by atoms with Gasteiger partial charge in [-0.05, 0) is 30.5 Å². The Morgan fingerprint density at radius 3 is 2.48 bits per heavy atom. The summed E-state index contributed by atoms with van der Waals surface area (Å²) in [5, 5.41) is 3.72. The molecule has 2 fully saturated rings. The van der Waals surface area contributed by atoms with E-state index >= 15 is 0 Å². The summed E-state index contributed by atoms with van der Waals surface area (Å²) < 4.78 is 0. The minimum atomic E-state index is -0.0680. The lowest BCUT2D eigenvalue weighted by Crippen LogP contribution is -2.42. The SMILES string of the molecule is O=C(CN1CCN(Cc2ccc(Cl)cc2)C1=O)NC1CCCC1. The summed E-state index contributed by atoms with van der Waals surface area (Å²) in [7, 11) is 0. The highest BCUT2D eigenvalue weighted by Crippen LogP contribution is 2.18. The van der Waals surface area contributed by atoms with E-state index in [2.05, 4.69) is 5.32 Å². The van der Waals surface area contributed by atoms with E-state index in [1.54, 1.807) is 9.80 Å². The highest BCUT2D eigenvalue weighted by atomic mass is 35.5. The lowest BCUT2D eigenvalue weighted by Gasteiger charge is -2.19. The van der Waals surface area contributed by atoms with Crippen molar-refractivity contribution >= 4 is 23.5 Å². The molecule has 23 heavy (non-hydrogen) atoms. The minimum absolute atomic E-state index is 0.0430. The van der Waals surface area contributed by atoms with Crippen LogP contribution in [0.3, 0.4) is 0 Å². The van der Waals surface area contributed by atoms with E-state index in [0.717, 1.165) is 18.4 Å². The molecule has 1 aromatic rings. The van der Waals surface area contributed by atoms with Crippen LogP contribution in [0.4, 0.5) is 4.79 Å². The summed E-state index contributed by atoms with van der Waals surface area (Å²) in [6.45, 7) is 1.96. The van der Waals surface area contributed by atoms with Crippen molar-refractivity contribution in [3.8, 4) is 0 Å². The molecule has 0 spiro atoms. The van der Waals surface area contributed by atoms with E-state index in [1.807, 2.05) is 24.3 Å². The molecule has 1 aliphatic heterocycles. The number of rotatable bonds is 5. The number of carbonyl (C=O) groups excluding carboxylic acids is 2. The van der Waals surface area contributed by atoms with Gasteiger partial charge in [-0.15, -0.1) is 0 Å². The molecule has 3 rings (SSSR count). The molecule has 1 aliphatic carbocycles. The lowest BCUT2D eigenvalue weighted by molar-refractivity contribution is -0.122. The predicted molar refractivity (Wildman–Crippen MR) is 89.2 cm³/mol. The van der Waals surface area contributed by atoms with E-state index in [9.17, 15) is 9.59 Å². The van der Waals surface area contributed by atoms with Gasteiger partial charge in [-0.3, -0.25) is 4.79 Å². The van der Waals surface area contributed by atoms with Crippen molar-refractivity contribution in [3.63, 3.8) is 0 Å². The number of nitrogens with one attached hydrogen (secondary N) is 1. The van der Waals surface area contributed by atoms with Crippen LogP contribution in [0.2, 0.25) is 5.02 Å². The van der Waals surface area contributed by atoms with Crippen molar-refractivity contribution in [2.24, 2.45) is 0 Å². The maximum atomic E-state index is 12.4. The number of nitrogens with zero attached hydrogens (tertiary/aromatic N) is 2. The van der Waals surface area contributed by atoms with Gasteiger partial charge in [0.25, 0.3) is 0 Å². The first-order valence-corrected chi connectivity index (χ1v) is 8.57. The van der Waals surface area contributed by atoms with E-state index in [4.69, 9.17) is 11.6 Å². The van der Waals surface area contributed by atoms with Crippen molar-refractivity contribution in [1.29, 1.82) is 0 Å². The molecule has 2 aliphatic rings. The molecule has 0 bridgehead atoms. The molecular weight excluding hydrogens is 314 g/mol. The summed E-state index contributed by atoms with van der Waals surface area (Å²) in [6, 6.07) is 7.72. The molecule has 1 saturated carbocycles. The molecule has 0 radical (unpaired) electrons. The Morgan fingerprint density at radius 1 is 1.13 bits per heavy atom. The fourth-order valence-electron chi connectivity index (χ4n) is 3.25. The normalized spacial score (nSPS) is 18.7. The number of amides is 3. The molecule has 3 amide bonds. The smallest absolute Gasteiger partial charge is 0.320 e. The van der Waals surface area contributed by atoms with E-state index in [1.165, 1.54) is 12.8 Å². The van der Waals surface area contributed by atoms with E-state index in [-0.39, 0.29) is 18.5 Å². The molecule has 6 heteroatoms. The van der Waals surface area contributed by atoms with Crippen LogP contribution in [-0.4, -0.2) is 47.4 Å². The fourth-order valence-corrected chi connectivity index (χ4v) is 3.38. The van der Waals surface area contributed by atoms with Gasteiger partial charge in [0.2, 0.25) is 5.91 Å². The molecule has 1 heterocycles. The van der Waals surface area contributed by atoms with Crippen LogP contribution in [0.25, 0.3) is 0 Å². The van der Waals surface area contributed by atoms with Crippen molar-refractivity contribution in [2.75, 3.05) is 19.6 Å². The van der Waals surface area contributed by atoms with Crippen LogP contribution < -0.4 is 5.32 Å². The third-order valence-corrected chi connectivity index (χ3v) is 4.77. The largest absolute Gasteiger partial charge is 0.352 e. The fraction of sp³-hybridized carbons (Fsp3) is 0.529. The third kappa shape index (κ3) is 4.16. The number of urea groups is 1. The Morgan fingerprint density at radius 2 is 1.78 bits per heavy atom. The first-order chi connectivity index (χ1) is 11.1. The number of hydrogen-bond donors (Lipinski definition) is 1. The summed E-state index contributed by atoms with van der Waals surface area (Å²) in [6.07, 6.45) is 4.48. The Kier molecular flexibility index (Phi) is 5.06.